The summed E-state index contributed by atoms with van der Waals surface area (Å²) in [6.45, 7) is 8.48. The molecule has 1 heterocycles. The van der Waals surface area contributed by atoms with Gasteiger partial charge in [0, 0.05) is 11.8 Å². The number of fused-ring (bicyclic) bond motifs is 8. The van der Waals surface area contributed by atoms with Gasteiger partial charge in [0.2, 0.25) is 0 Å². The lowest BCUT2D eigenvalue weighted by molar-refractivity contribution is 1.33. The number of nitrogens with zero attached hydrogens (tertiary/aromatic N) is 3. The second-order valence-corrected chi connectivity index (χ2v) is 14.7. The van der Waals surface area contributed by atoms with E-state index in [1.165, 1.54) is 87.6 Å². The minimum Gasteiger partial charge on any atom is -0.256 e. The van der Waals surface area contributed by atoms with Crippen LogP contribution in [0.5, 0.6) is 0 Å². The Hall–Kier alpha value is -7.07. The van der Waals surface area contributed by atoms with E-state index in [0.717, 1.165) is 33.5 Å². The van der Waals surface area contributed by atoms with Crippen LogP contribution in [0.2, 0.25) is 0 Å². The van der Waals surface area contributed by atoms with Gasteiger partial charge in [0.25, 0.3) is 0 Å². The fourth-order valence-electron chi connectivity index (χ4n) is 9.41. The van der Waals surface area contributed by atoms with Gasteiger partial charge in [-0.1, -0.05) is 60.7 Å². The average Bonchev–Trinajstić information content (AvgIpc) is 3.50. The Morgan fingerprint density at radius 1 is 0.389 bits per heavy atom. The largest absolute Gasteiger partial charge is 0.256 e. The first-order valence-corrected chi connectivity index (χ1v) is 18.3. The molecule has 0 amide bonds. The molecule has 0 radical (unpaired) electrons. The second kappa shape index (κ2) is 11.7. The molecule has 1 aliphatic rings. The zero-order chi connectivity index (χ0) is 36.8. The summed E-state index contributed by atoms with van der Waals surface area (Å²) in [6, 6.07) is 48.3. The predicted molar refractivity (Wildman–Crippen MR) is 223 cm³/mol. The van der Waals surface area contributed by atoms with E-state index in [1.807, 2.05) is 42.6 Å². The molecule has 54 heavy (non-hydrogen) atoms. The van der Waals surface area contributed by atoms with Crippen LogP contribution in [0.4, 0.5) is 0 Å². The van der Waals surface area contributed by atoms with Gasteiger partial charge in [0.1, 0.15) is 0 Å². The normalized spacial score (nSPS) is 11.7. The quantitative estimate of drug-likeness (QED) is 0.174. The van der Waals surface area contributed by atoms with Gasteiger partial charge in [-0.2, -0.15) is 10.5 Å². The molecule has 0 bridgehead atoms. The summed E-state index contributed by atoms with van der Waals surface area (Å²) in [7, 11) is 0. The van der Waals surface area contributed by atoms with Gasteiger partial charge in [-0.25, -0.2) is 0 Å². The van der Waals surface area contributed by atoms with E-state index in [1.54, 1.807) is 0 Å². The third-order valence-corrected chi connectivity index (χ3v) is 11.5. The van der Waals surface area contributed by atoms with Gasteiger partial charge in [0.05, 0.1) is 29.0 Å². The molecule has 10 rings (SSSR count). The lowest BCUT2D eigenvalue weighted by atomic mass is 9.83. The molecule has 252 valence electrons. The van der Waals surface area contributed by atoms with Crippen LogP contribution in [0, 0.1) is 50.4 Å². The topological polar surface area (TPSA) is 60.5 Å². The first-order valence-electron chi connectivity index (χ1n) is 18.3. The van der Waals surface area contributed by atoms with Crippen molar-refractivity contribution in [3.63, 3.8) is 0 Å². The Balaban J connectivity index is 1.36. The third kappa shape index (κ3) is 4.49. The summed E-state index contributed by atoms with van der Waals surface area (Å²) in [6.07, 6.45) is 1.86. The van der Waals surface area contributed by atoms with Gasteiger partial charge in [-0.3, -0.25) is 4.98 Å². The maximum Gasteiger partial charge on any atom is 0.0991 e. The highest BCUT2D eigenvalue weighted by molar-refractivity contribution is 6.27. The second-order valence-electron chi connectivity index (χ2n) is 14.7. The van der Waals surface area contributed by atoms with Crippen molar-refractivity contribution in [3.8, 4) is 67.9 Å². The average molecular weight is 688 g/mol. The van der Waals surface area contributed by atoms with Crippen molar-refractivity contribution >= 4 is 43.1 Å². The van der Waals surface area contributed by atoms with Gasteiger partial charge in [0.15, 0.2) is 0 Å². The monoisotopic (exact) mass is 687 g/mol. The van der Waals surface area contributed by atoms with Gasteiger partial charge >= 0.3 is 0 Å². The summed E-state index contributed by atoms with van der Waals surface area (Å²) < 4.78 is 0. The van der Waals surface area contributed by atoms with E-state index in [9.17, 15) is 10.5 Å². The van der Waals surface area contributed by atoms with Crippen LogP contribution in [0.1, 0.15) is 33.4 Å². The number of pyridine rings is 1. The zero-order valence-electron chi connectivity index (χ0n) is 30.5. The van der Waals surface area contributed by atoms with Crippen LogP contribution >= 0.6 is 0 Å². The molecule has 9 aromatic rings. The van der Waals surface area contributed by atoms with Crippen LogP contribution in [-0.2, 0) is 0 Å². The van der Waals surface area contributed by atoms with Crippen LogP contribution in [0.15, 0.2) is 128 Å². The van der Waals surface area contributed by atoms with E-state index < -0.39 is 0 Å². The van der Waals surface area contributed by atoms with Crippen LogP contribution in [0.25, 0.3) is 98.9 Å². The molecule has 3 nitrogen and oxygen atoms in total. The maximum absolute atomic E-state index is 9.85. The summed E-state index contributed by atoms with van der Waals surface area (Å²) >= 11 is 0. The molecule has 0 aliphatic heterocycles. The molecule has 0 fully saturated rings. The van der Waals surface area contributed by atoms with E-state index in [4.69, 9.17) is 4.98 Å². The molecule has 1 aliphatic carbocycles. The van der Waals surface area contributed by atoms with Gasteiger partial charge in [-0.05, 0) is 198 Å². The maximum atomic E-state index is 9.85. The van der Waals surface area contributed by atoms with E-state index in [2.05, 4.69) is 125 Å². The number of benzene rings is 8. The molecule has 0 atom stereocenters. The Morgan fingerprint density at radius 3 is 1.48 bits per heavy atom. The van der Waals surface area contributed by atoms with Crippen LogP contribution < -0.4 is 0 Å². The lowest BCUT2D eigenvalue weighted by Crippen LogP contribution is -1.96. The fourth-order valence-corrected chi connectivity index (χ4v) is 9.41. The molecule has 0 saturated carbocycles. The Morgan fingerprint density at radius 2 is 0.870 bits per heavy atom. The standard InChI is InChI=1S/C51H33N3/c1-28-18-32(26-52)19-29(2)49(28)46-25-44-40(34-10-5-6-11-35(34)46)24-47(50-30(3)20-33(27-53)21-31(50)4)45-23-41-38-13-9-12-37-36(48-14-7-8-17-54-48)15-16-39(51(37)38)42(41)22-43(44)45/h5-25H,1-4H3. The molecule has 0 N–H and O–H groups in total. The summed E-state index contributed by atoms with van der Waals surface area (Å²) in [5, 5.41) is 29.2. The Kier molecular flexibility index (Phi) is 6.87. The van der Waals surface area contributed by atoms with Crippen molar-refractivity contribution < 1.29 is 0 Å². The van der Waals surface area contributed by atoms with E-state index in [-0.39, 0.29) is 0 Å². The van der Waals surface area contributed by atoms with E-state index in [0.29, 0.717) is 11.1 Å². The summed E-state index contributed by atoms with van der Waals surface area (Å²) in [5.41, 5.74) is 17.4. The molecule has 8 aromatic carbocycles. The van der Waals surface area contributed by atoms with Crippen molar-refractivity contribution in [3.05, 3.63) is 161 Å². The molecular weight excluding hydrogens is 655 g/mol. The SMILES string of the molecule is Cc1cc(C#N)cc(C)c1-c1cc2c3cc4c(cc3c(-c3c(C)cc(C#N)cc3C)cc2c2ccccc12)-c1cccc2c(-c3ccccn3)ccc-4c12. The summed E-state index contributed by atoms with van der Waals surface area (Å²) in [4.78, 5) is 4.72. The number of hydrogen-bond acceptors (Lipinski definition) is 3. The van der Waals surface area contributed by atoms with Crippen LogP contribution in [0.3, 0.4) is 0 Å². The molecule has 1 aromatic heterocycles. The van der Waals surface area contributed by atoms with Crippen molar-refractivity contribution in [2.75, 3.05) is 0 Å². The molecular formula is C51H33N3. The molecule has 3 heteroatoms. The smallest absolute Gasteiger partial charge is 0.0991 e. The van der Waals surface area contributed by atoms with Crippen molar-refractivity contribution in [2.45, 2.75) is 27.7 Å². The predicted octanol–water partition coefficient (Wildman–Crippen LogP) is 13.3. The Bertz CT molecular complexity index is 3160. The highest BCUT2D eigenvalue weighted by atomic mass is 14.7. The van der Waals surface area contributed by atoms with Gasteiger partial charge in [-0.15, -0.1) is 0 Å². The summed E-state index contributed by atoms with van der Waals surface area (Å²) in [5.74, 6) is 0. The number of aryl methyl sites for hydroxylation is 4. The third-order valence-electron chi connectivity index (χ3n) is 11.5. The number of hydrogen-bond donors (Lipinski definition) is 0. The highest BCUT2D eigenvalue weighted by Crippen LogP contribution is 2.53. The first kappa shape index (κ1) is 31.6. The highest BCUT2D eigenvalue weighted by Gasteiger charge is 2.26. The first-order chi connectivity index (χ1) is 26.3. The minimum atomic E-state index is 0.675. The fraction of sp³-hybridized carbons (Fsp3) is 0.0784. The molecule has 0 saturated heterocycles. The van der Waals surface area contributed by atoms with Crippen molar-refractivity contribution in [2.24, 2.45) is 0 Å². The van der Waals surface area contributed by atoms with Crippen LogP contribution in [-0.4, -0.2) is 4.98 Å². The molecule has 0 unspecified atom stereocenters. The number of nitriles is 2. The number of aromatic nitrogens is 1. The molecule has 0 spiro atoms. The lowest BCUT2D eigenvalue weighted by Gasteiger charge is -2.20. The Labute approximate surface area is 314 Å². The van der Waals surface area contributed by atoms with Crippen molar-refractivity contribution in [1.29, 1.82) is 10.5 Å². The van der Waals surface area contributed by atoms with E-state index >= 15 is 0 Å². The number of rotatable bonds is 3. The van der Waals surface area contributed by atoms with Gasteiger partial charge < -0.3 is 0 Å². The minimum absolute atomic E-state index is 0.675. The zero-order valence-corrected chi connectivity index (χ0v) is 30.5. The van der Waals surface area contributed by atoms with Crippen molar-refractivity contribution in [1.82, 2.24) is 4.98 Å².